The van der Waals surface area contributed by atoms with Crippen LogP contribution in [0.15, 0.2) is 71.6 Å². The second-order valence-corrected chi connectivity index (χ2v) is 12.4. The summed E-state index contributed by atoms with van der Waals surface area (Å²) in [5.41, 5.74) is 0.599. The number of morpholine rings is 1. The molecule has 2 fully saturated rings. The van der Waals surface area contributed by atoms with Crippen molar-refractivity contribution in [3.8, 4) is 11.5 Å². The average molecular weight is 634 g/mol. The van der Waals surface area contributed by atoms with E-state index in [1.807, 2.05) is 9.80 Å². The van der Waals surface area contributed by atoms with Crippen molar-refractivity contribution in [2.24, 2.45) is 0 Å². The molecule has 0 bridgehead atoms. The summed E-state index contributed by atoms with van der Waals surface area (Å²) >= 11 is 12.2. The van der Waals surface area contributed by atoms with Crippen LogP contribution in [0.2, 0.25) is 10.0 Å². The van der Waals surface area contributed by atoms with Crippen molar-refractivity contribution in [3.05, 3.63) is 82.3 Å². The number of halogens is 2. The van der Waals surface area contributed by atoms with Crippen molar-refractivity contribution in [2.75, 3.05) is 63.7 Å². The van der Waals surface area contributed by atoms with E-state index in [2.05, 4.69) is 4.72 Å². The van der Waals surface area contributed by atoms with Crippen molar-refractivity contribution in [1.29, 1.82) is 0 Å². The molecule has 10 nitrogen and oxygen atoms in total. The summed E-state index contributed by atoms with van der Waals surface area (Å²) in [4.78, 5) is 31.2. The van der Waals surface area contributed by atoms with Gasteiger partial charge in [0.1, 0.15) is 5.75 Å². The third-order valence-corrected chi connectivity index (χ3v) is 8.95. The summed E-state index contributed by atoms with van der Waals surface area (Å²) in [6.45, 7) is 4.78. The first-order valence-electron chi connectivity index (χ1n) is 13.4. The van der Waals surface area contributed by atoms with Crippen LogP contribution >= 0.6 is 23.2 Å². The number of sulfonamides is 1. The zero-order valence-corrected chi connectivity index (χ0v) is 25.0. The van der Waals surface area contributed by atoms with Crippen molar-refractivity contribution >= 4 is 50.7 Å². The Balaban J connectivity index is 1.19. The zero-order valence-electron chi connectivity index (χ0n) is 22.7. The van der Waals surface area contributed by atoms with Crippen LogP contribution in [0.3, 0.4) is 0 Å². The molecule has 3 aromatic rings. The third kappa shape index (κ3) is 7.34. The molecule has 2 aliphatic rings. The van der Waals surface area contributed by atoms with E-state index in [0.29, 0.717) is 75.4 Å². The molecule has 3 aromatic carbocycles. The summed E-state index contributed by atoms with van der Waals surface area (Å²) < 4.78 is 40.1. The number of nitrogens with zero attached hydrogens (tertiary/aromatic N) is 3. The van der Waals surface area contributed by atoms with E-state index >= 15 is 0 Å². The number of para-hydroxylation sites is 2. The van der Waals surface area contributed by atoms with Crippen molar-refractivity contribution in [3.63, 3.8) is 0 Å². The number of ether oxygens (including phenoxy) is 2. The van der Waals surface area contributed by atoms with Crippen molar-refractivity contribution in [1.82, 2.24) is 14.7 Å². The Morgan fingerprint density at radius 3 is 2.21 bits per heavy atom. The maximum Gasteiger partial charge on any atom is 0.262 e. The van der Waals surface area contributed by atoms with Crippen LogP contribution in [-0.4, -0.2) is 94.0 Å². The van der Waals surface area contributed by atoms with Gasteiger partial charge in [0.2, 0.25) is 5.91 Å². The van der Waals surface area contributed by atoms with Gasteiger partial charge in [-0.3, -0.25) is 19.2 Å². The molecule has 0 atom stereocenters. The second kappa shape index (κ2) is 13.3. The lowest BCUT2D eigenvalue weighted by Gasteiger charge is -2.36. The summed E-state index contributed by atoms with van der Waals surface area (Å²) in [5, 5.41) is 0.727. The number of hydrogen-bond acceptors (Lipinski definition) is 7. The molecule has 0 unspecified atom stereocenters. The number of benzene rings is 3. The standard InChI is InChI=1S/C29H30Cl2N4O6S/c30-22-7-10-26(24(31)19-22)41-27-4-2-1-3-25(27)32-42(38,39)23-8-5-21(6-9-23)29(37)35-13-11-33(12-14-35)20-28(36)34-15-17-40-18-16-34/h1-10,19,32H,11-18,20H2. The normalized spacial score (nSPS) is 16.2. The van der Waals surface area contributed by atoms with Gasteiger partial charge in [-0.05, 0) is 54.6 Å². The first-order valence-corrected chi connectivity index (χ1v) is 15.7. The first-order chi connectivity index (χ1) is 20.2. The van der Waals surface area contributed by atoms with Crippen LogP contribution in [0.4, 0.5) is 5.69 Å². The monoisotopic (exact) mass is 632 g/mol. The van der Waals surface area contributed by atoms with Gasteiger partial charge in [0.15, 0.2) is 5.75 Å². The Labute approximate surface area is 254 Å². The highest BCUT2D eigenvalue weighted by atomic mass is 35.5. The highest BCUT2D eigenvalue weighted by molar-refractivity contribution is 7.92. The number of nitrogens with one attached hydrogen (secondary N) is 1. The molecular weight excluding hydrogens is 603 g/mol. The van der Waals surface area contributed by atoms with Gasteiger partial charge in [-0.1, -0.05) is 35.3 Å². The lowest BCUT2D eigenvalue weighted by molar-refractivity contribution is -0.136. The van der Waals surface area contributed by atoms with Crippen LogP contribution in [0, 0.1) is 0 Å². The molecule has 2 saturated heterocycles. The Morgan fingerprint density at radius 2 is 1.52 bits per heavy atom. The fraction of sp³-hybridized carbons (Fsp3) is 0.310. The minimum Gasteiger partial charge on any atom is -0.454 e. The van der Waals surface area contributed by atoms with Gasteiger partial charge in [-0.25, -0.2) is 8.42 Å². The van der Waals surface area contributed by atoms with E-state index < -0.39 is 10.0 Å². The van der Waals surface area contributed by atoms with Crippen LogP contribution in [0.25, 0.3) is 0 Å². The molecule has 1 N–H and O–H groups in total. The third-order valence-electron chi connectivity index (χ3n) is 7.04. The van der Waals surface area contributed by atoms with Gasteiger partial charge >= 0.3 is 0 Å². The van der Waals surface area contributed by atoms with E-state index in [0.717, 1.165) is 0 Å². The predicted molar refractivity (Wildman–Crippen MR) is 160 cm³/mol. The SMILES string of the molecule is O=C(CN1CCN(C(=O)c2ccc(S(=O)(=O)Nc3ccccc3Oc3ccc(Cl)cc3Cl)cc2)CC1)N1CCOCC1. The van der Waals surface area contributed by atoms with Crippen LogP contribution in [-0.2, 0) is 19.6 Å². The van der Waals surface area contributed by atoms with Gasteiger partial charge in [0.05, 0.1) is 35.4 Å². The van der Waals surface area contributed by atoms with Crippen molar-refractivity contribution in [2.45, 2.75) is 4.90 Å². The van der Waals surface area contributed by atoms with Crippen LogP contribution in [0.1, 0.15) is 10.4 Å². The zero-order chi connectivity index (χ0) is 29.7. The molecule has 13 heteroatoms. The summed E-state index contributed by atoms with van der Waals surface area (Å²) in [5.74, 6) is 0.457. The molecule has 0 aliphatic carbocycles. The highest BCUT2D eigenvalue weighted by Crippen LogP contribution is 2.35. The van der Waals surface area contributed by atoms with Gasteiger partial charge < -0.3 is 19.3 Å². The van der Waals surface area contributed by atoms with Crippen LogP contribution < -0.4 is 9.46 Å². The van der Waals surface area contributed by atoms with E-state index in [-0.39, 0.29) is 33.2 Å². The number of carbonyl (C=O) groups is 2. The molecule has 222 valence electrons. The average Bonchev–Trinajstić information content (AvgIpc) is 3.00. The summed E-state index contributed by atoms with van der Waals surface area (Å²) in [6, 6.07) is 17.1. The molecule has 2 amide bonds. The van der Waals surface area contributed by atoms with Crippen molar-refractivity contribution < 1.29 is 27.5 Å². The minimum absolute atomic E-state index is 0.00942. The Kier molecular flexibility index (Phi) is 9.54. The highest BCUT2D eigenvalue weighted by Gasteiger charge is 2.26. The minimum atomic E-state index is -4.00. The number of anilines is 1. The van der Waals surface area contributed by atoms with E-state index in [1.165, 1.54) is 30.3 Å². The first kappa shape index (κ1) is 30.1. The van der Waals surface area contributed by atoms with Gasteiger partial charge in [0, 0.05) is 49.9 Å². The second-order valence-electron chi connectivity index (χ2n) is 9.86. The molecule has 0 spiro atoms. The largest absolute Gasteiger partial charge is 0.454 e. The lowest BCUT2D eigenvalue weighted by Crippen LogP contribution is -2.52. The van der Waals surface area contributed by atoms with Gasteiger partial charge in [-0.2, -0.15) is 0 Å². The summed E-state index contributed by atoms with van der Waals surface area (Å²) in [7, 11) is -4.00. The van der Waals surface area contributed by atoms with E-state index in [1.54, 1.807) is 41.3 Å². The van der Waals surface area contributed by atoms with Gasteiger partial charge in [0.25, 0.3) is 15.9 Å². The molecule has 0 aromatic heterocycles. The number of rotatable bonds is 8. The maximum atomic E-state index is 13.2. The Hall–Kier alpha value is -3.35. The molecule has 2 heterocycles. The summed E-state index contributed by atoms with van der Waals surface area (Å²) in [6.07, 6.45) is 0. The molecule has 42 heavy (non-hydrogen) atoms. The van der Waals surface area contributed by atoms with Gasteiger partial charge in [-0.15, -0.1) is 0 Å². The molecule has 2 aliphatic heterocycles. The van der Waals surface area contributed by atoms with E-state index in [9.17, 15) is 18.0 Å². The lowest BCUT2D eigenvalue weighted by atomic mass is 10.2. The molecule has 0 radical (unpaired) electrons. The fourth-order valence-electron chi connectivity index (χ4n) is 4.69. The number of carbonyl (C=O) groups excluding carboxylic acids is 2. The molecule has 0 saturated carbocycles. The van der Waals surface area contributed by atoms with E-state index in [4.69, 9.17) is 32.7 Å². The number of piperazine rings is 1. The quantitative estimate of drug-likeness (QED) is 0.396. The number of amides is 2. The maximum absolute atomic E-state index is 13.2. The fourth-order valence-corrected chi connectivity index (χ4v) is 6.21. The molecule has 5 rings (SSSR count). The number of hydrogen-bond donors (Lipinski definition) is 1. The Bertz CT molecular complexity index is 1540. The smallest absolute Gasteiger partial charge is 0.262 e. The topological polar surface area (TPSA) is 108 Å². The predicted octanol–water partition coefficient (Wildman–Crippen LogP) is 4.20. The molecular formula is C29H30Cl2N4O6S. The van der Waals surface area contributed by atoms with Crippen LogP contribution in [0.5, 0.6) is 11.5 Å². The Morgan fingerprint density at radius 1 is 0.833 bits per heavy atom.